The highest BCUT2D eigenvalue weighted by molar-refractivity contribution is 5.94. The maximum Gasteiger partial charge on any atom is 0.270 e. The Balaban J connectivity index is 1.84. The van der Waals surface area contributed by atoms with Gasteiger partial charge in [0.2, 0.25) is 0 Å². The summed E-state index contributed by atoms with van der Waals surface area (Å²) in [5, 5.41) is 2.89. The topological polar surface area (TPSA) is 46.4 Å². The molecule has 0 saturated heterocycles. The number of aromatic nitrogens is 2. The molecule has 3 aromatic rings. The summed E-state index contributed by atoms with van der Waals surface area (Å²) in [6.45, 7) is 2.41. The summed E-state index contributed by atoms with van der Waals surface area (Å²) in [7, 11) is 0. The van der Waals surface area contributed by atoms with Gasteiger partial charge in [-0.05, 0) is 36.2 Å². The number of nitrogens with zero attached hydrogens (tertiary/aromatic N) is 2. The number of rotatable bonds is 5. The number of benzene rings is 1. The van der Waals surface area contributed by atoms with Gasteiger partial charge in [0, 0.05) is 12.7 Å². The normalized spacial score (nSPS) is 10.9. The van der Waals surface area contributed by atoms with Crippen LogP contribution < -0.4 is 5.32 Å². The molecule has 1 N–H and O–H groups in total. The van der Waals surface area contributed by atoms with Crippen LogP contribution >= 0.6 is 0 Å². The van der Waals surface area contributed by atoms with Crippen LogP contribution in [0.3, 0.4) is 0 Å². The predicted molar refractivity (Wildman–Crippen MR) is 86.8 cm³/mol. The van der Waals surface area contributed by atoms with Crippen LogP contribution in [-0.2, 0) is 13.0 Å². The Morgan fingerprint density at radius 1 is 1.22 bits per heavy atom. The highest BCUT2D eigenvalue weighted by Crippen LogP contribution is 2.15. The molecule has 0 saturated carbocycles. The van der Waals surface area contributed by atoms with Crippen LogP contribution in [0.25, 0.3) is 5.65 Å². The summed E-state index contributed by atoms with van der Waals surface area (Å²) in [5.41, 5.74) is 2.99. The van der Waals surface area contributed by atoms with Crippen LogP contribution in [0.2, 0.25) is 0 Å². The molecule has 0 bridgehead atoms. The molecule has 0 spiro atoms. The number of hydrogen-bond acceptors (Lipinski definition) is 2. The van der Waals surface area contributed by atoms with Crippen molar-refractivity contribution in [3.63, 3.8) is 0 Å². The average Bonchev–Trinajstić information content (AvgIpc) is 2.92. The van der Waals surface area contributed by atoms with Crippen LogP contribution in [0.1, 0.15) is 35.1 Å². The number of aryl methyl sites for hydroxylation is 1. The molecule has 0 aliphatic rings. The highest BCUT2D eigenvalue weighted by Gasteiger charge is 2.18. The standard InChI is InChI=1S/C18H18FN3O/c1-2-5-15-17(22-11-4-3-6-16(22)21-15)18(23)20-12-13-7-9-14(19)10-8-13/h3-4,6-11H,2,5,12H2,1H3,(H,20,23). The van der Waals surface area contributed by atoms with Crippen molar-refractivity contribution in [2.24, 2.45) is 0 Å². The van der Waals surface area contributed by atoms with Gasteiger partial charge in [-0.25, -0.2) is 9.37 Å². The summed E-state index contributed by atoms with van der Waals surface area (Å²) in [4.78, 5) is 17.2. The van der Waals surface area contributed by atoms with Crippen molar-refractivity contribution < 1.29 is 9.18 Å². The van der Waals surface area contributed by atoms with E-state index in [-0.39, 0.29) is 11.7 Å². The van der Waals surface area contributed by atoms with Gasteiger partial charge in [-0.15, -0.1) is 0 Å². The third-order valence-corrected chi connectivity index (χ3v) is 3.67. The number of carbonyl (C=O) groups is 1. The van der Waals surface area contributed by atoms with Crippen LogP contribution in [0.5, 0.6) is 0 Å². The van der Waals surface area contributed by atoms with E-state index in [0.717, 1.165) is 29.7 Å². The van der Waals surface area contributed by atoms with Crippen LogP contribution in [0, 0.1) is 5.82 Å². The summed E-state index contributed by atoms with van der Waals surface area (Å²) in [5.74, 6) is -0.455. The van der Waals surface area contributed by atoms with Crippen molar-refractivity contribution in [2.45, 2.75) is 26.3 Å². The minimum atomic E-state index is -0.285. The zero-order valence-electron chi connectivity index (χ0n) is 12.9. The largest absolute Gasteiger partial charge is 0.347 e. The predicted octanol–water partition coefficient (Wildman–Crippen LogP) is 3.36. The summed E-state index contributed by atoms with van der Waals surface area (Å²) >= 11 is 0. The molecule has 2 heterocycles. The van der Waals surface area contributed by atoms with Crippen molar-refractivity contribution in [1.82, 2.24) is 14.7 Å². The number of halogens is 1. The molecule has 0 atom stereocenters. The first-order valence-corrected chi connectivity index (χ1v) is 7.67. The second kappa shape index (κ2) is 6.60. The number of hydrogen-bond donors (Lipinski definition) is 1. The van der Waals surface area contributed by atoms with Crippen molar-refractivity contribution in [3.05, 3.63) is 71.4 Å². The van der Waals surface area contributed by atoms with Gasteiger partial charge in [-0.1, -0.05) is 31.5 Å². The Labute approximate surface area is 134 Å². The summed E-state index contributed by atoms with van der Waals surface area (Å²) in [6, 6.07) is 11.8. The van der Waals surface area contributed by atoms with E-state index in [1.54, 1.807) is 12.1 Å². The zero-order chi connectivity index (χ0) is 16.2. The maximum atomic E-state index is 12.9. The van der Waals surface area contributed by atoms with E-state index in [1.807, 2.05) is 28.8 Å². The first-order chi connectivity index (χ1) is 11.2. The fraction of sp³-hybridized carbons (Fsp3) is 0.222. The average molecular weight is 311 g/mol. The van der Waals surface area contributed by atoms with Crippen LogP contribution in [0.4, 0.5) is 4.39 Å². The number of fused-ring (bicyclic) bond motifs is 1. The molecule has 3 rings (SSSR count). The smallest absolute Gasteiger partial charge is 0.270 e. The summed E-state index contributed by atoms with van der Waals surface area (Å²) in [6.07, 6.45) is 3.51. The van der Waals surface area contributed by atoms with Crippen molar-refractivity contribution in [3.8, 4) is 0 Å². The lowest BCUT2D eigenvalue weighted by Crippen LogP contribution is -2.25. The number of imidazole rings is 1. The van der Waals surface area contributed by atoms with Crippen molar-refractivity contribution >= 4 is 11.6 Å². The molecule has 1 amide bonds. The van der Waals surface area contributed by atoms with Crippen molar-refractivity contribution in [2.75, 3.05) is 0 Å². The molecular weight excluding hydrogens is 293 g/mol. The first kappa shape index (κ1) is 15.2. The van der Waals surface area contributed by atoms with Gasteiger partial charge in [0.25, 0.3) is 5.91 Å². The third kappa shape index (κ3) is 3.23. The van der Waals surface area contributed by atoms with E-state index in [0.29, 0.717) is 12.2 Å². The van der Waals surface area contributed by atoms with Gasteiger partial charge in [-0.2, -0.15) is 0 Å². The Morgan fingerprint density at radius 3 is 2.74 bits per heavy atom. The minimum absolute atomic E-state index is 0.170. The Bertz CT molecular complexity index is 824. The lowest BCUT2D eigenvalue weighted by molar-refractivity contribution is 0.0944. The van der Waals surface area contributed by atoms with Gasteiger partial charge >= 0.3 is 0 Å². The first-order valence-electron chi connectivity index (χ1n) is 7.67. The molecule has 0 unspecified atom stereocenters. The molecule has 118 valence electrons. The molecule has 0 aliphatic heterocycles. The molecule has 0 aliphatic carbocycles. The summed E-state index contributed by atoms with van der Waals surface area (Å²) < 4.78 is 14.7. The Morgan fingerprint density at radius 2 is 2.00 bits per heavy atom. The van der Waals surface area contributed by atoms with E-state index in [9.17, 15) is 9.18 Å². The van der Waals surface area contributed by atoms with E-state index in [1.165, 1.54) is 12.1 Å². The number of carbonyl (C=O) groups excluding carboxylic acids is 1. The molecule has 2 aromatic heterocycles. The quantitative estimate of drug-likeness (QED) is 0.785. The Kier molecular flexibility index (Phi) is 4.37. The second-order valence-corrected chi connectivity index (χ2v) is 5.40. The number of nitrogens with one attached hydrogen (secondary N) is 1. The van der Waals surface area contributed by atoms with Gasteiger partial charge in [0.05, 0.1) is 5.69 Å². The molecule has 4 nitrogen and oxygen atoms in total. The highest BCUT2D eigenvalue weighted by atomic mass is 19.1. The maximum absolute atomic E-state index is 12.9. The number of pyridine rings is 1. The second-order valence-electron chi connectivity index (χ2n) is 5.40. The van der Waals surface area contributed by atoms with Gasteiger partial charge in [-0.3, -0.25) is 9.20 Å². The molecule has 0 fully saturated rings. The van der Waals surface area contributed by atoms with Crippen LogP contribution in [-0.4, -0.2) is 15.3 Å². The van der Waals surface area contributed by atoms with Gasteiger partial charge in [0.15, 0.2) is 0 Å². The van der Waals surface area contributed by atoms with E-state index >= 15 is 0 Å². The molecule has 23 heavy (non-hydrogen) atoms. The van der Waals surface area contributed by atoms with Crippen LogP contribution in [0.15, 0.2) is 48.7 Å². The lowest BCUT2D eigenvalue weighted by atomic mass is 10.2. The van der Waals surface area contributed by atoms with Gasteiger partial charge < -0.3 is 5.32 Å². The zero-order valence-corrected chi connectivity index (χ0v) is 12.9. The van der Waals surface area contributed by atoms with Crippen molar-refractivity contribution in [1.29, 1.82) is 0 Å². The third-order valence-electron chi connectivity index (χ3n) is 3.67. The Hall–Kier alpha value is -2.69. The fourth-order valence-electron chi connectivity index (χ4n) is 2.56. The monoisotopic (exact) mass is 311 g/mol. The lowest BCUT2D eigenvalue weighted by Gasteiger charge is -2.07. The fourth-order valence-corrected chi connectivity index (χ4v) is 2.56. The molecule has 5 heteroatoms. The molecule has 1 aromatic carbocycles. The van der Waals surface area contributed by atoms with Gasteiger partial charge in [0.1, 0.15) is 17.2 Å². The van der Waals surface area contributed by atoms with E-state index in [2.05, 4.69) is 17.2 Å². The SMILES string of the molecule is CCCc1nc2ccccn2c1C(=O)NCc1ccc(F)cc1. The molecule has 0 radical (unpaired) electrons. The van der Waals surface area contributed by atoms with E-state index in [4.69, 9.17) is 0 Å². The van der Waals surface area contributed by atoms with E-state index < -0.39 is 0 Å². The minimum Gasteiger partial charge on any atom is -0.347 e. The number of amides is 1. The molecular formula is C18H18FN3O.